The number of para-hydroxylation sites is 1. The number of hydrogen-bond donors (Lipinski definition) is 1. The predicted octanol–water partition coefficient (Wildman–Crippen LogP) is 6.22. The Morgan fingerprint density at radius 3 is 2.12 bits per heavy atom. The number of amides is 2. The second-order valence-corrected chi connectivity index (χ2v) is 12.1. The van der Waals surface area contributed by atoms with Crippen molar-refractivity contribution in [1.82, 2.24) is 10.2 Å². The summed E-state index contributed by atoms with van der Waals surface area (Å²) in [6.07, 6.45) is 2.00. The maximum Gasteiger partial charge on any atom is 0.264 e. The smallest absolute Gasteiger partial charge is 0.264 e. The first kappa shape index (κ1) is 31.5. The van der Waals surface area contributed by atoms with Crippen molar-refractivity contribution in [3.63, 3.8) is 0 Å². The third-order valence-electron chi connectivity index (χ3n) is 6.60. The number of aryl methyl sites for hydroxylation is 1. The van der Waals surface area contributed by atoms with E-state index >= 15 is 0 Å². The van der Waals surface area contributed by atoms with Gasteiger partial charge in [0.05, 0.1) is 10.6 Å². The fraction of sp³-hybridized carbons (Fsp3) is 0.333. The van der Waals surface area contributed by atoms with Crippen molar-refractivity contribution >= 4 is 50.7 Å². The second-order valence-electron chi connectivity index (χ2n) is 9.40. The highest BCUT2D eigenvalue weighted by Crippen LogP contribution is 2.29. The summed E-state index contributed by atoms with van der Waals surface area (Å²) in [5, 5.41) is 3.60. The minimum atomic E-state index is -4.13. The van der Waals surface area contributed by atoms with E-state index in [-0.39, 0.29) is 17.3 Å². The Kier molecular flexibility index (Phi) is 11.4. The Hall–Kier alpha value is -3.07. The molecule has 0 heterocycles. The minimum absolute atomic E-state index is 0.0519. The molecule has 1 N–H and O–H groups in total. The topological polar surface area (TPSA) is 86.8 Å². The molecule has 3 aromatic carbocycles. The summed E-state index contributed by atoms with van der Waals surface area (Å²) in [6.45, 7) is 5.49. The Bertz CT molecular complexity index is 1400. The summed E-state index contributed by atoms with van der Waals surface area (Å²) in [6, 6.07) is 19.1. The zero-order valence-electron chi connectivity index (χ0n) is 22.9. The lowest BCUT2D eigenvalue weighted by molar-refractivity contribution is -0.140. The van der Waals surface area contributed by atoms with Gasteiger partial charge in [0.2, 0.25) is 11.8 Å². The fourth-order valence-electron chi connectivity index (χ4n) is 4.36. The molecule has 7 nitrogen and oxygen atoms in total. The third kappa shape index (κ3) is 7.56. The molecule has 0 aliphatic heterocycles. The number of carbonyl (C=O) groups is 2. The van der Waals surface area contributed by atoms with Gasteiger partial charge in [-0.25, -0.2) is 8.42 Å². The highest BCUT2D eigenvalue weighted by atomic mass is 35.5. The molecular formula is C30H35Cl2N3O4S. The van der Waals surface area contributed by atoms with Gasteiger partial charge in [-0.05, 0) is 55.7 Å². The van der Waals surface area contributed by atoms with Crippen LogP contribution in [0.25, 0.3) is 0 Å². The van der Waals surface area contributed by atoms with Crippen LogP contribution in [0.2, 0.25) is 10.0 Å². The number of sulfonamides is 1. The largest absolute Gasteiger partial charge is 0.354 e. The van der Waals surface area contributed by atoms with Gasteiger partial charge in [-0.3, -0.25) is 13.9 Å². The van der Waals surface area contributed by atoms with Crippen LogP contribution < -0.4 is 9.62 Å². The van der Waals surface area contributed by atoms with Gasteiger partial charge in [0.1, 0.15) is 12.6 Å². The normalized spacial score (nSPS) is 12.0. The molecule has 1 unspecified atom stereocenters. The van der Waals surface area contributed by atoms with E-state index in [4.69, 9.17) is 23.2 Å². The summed E-state index contributed by atoms with van der Waals surface area (Å²) in [7, 11) is -4.13. The average molecular weight is 605 g/mol. The van der Waals surface area contributed by atoms with Crippen LogP contribution in [0.3, 0.4) is 0 Å². The highest BCUT2D eigenvalue weighted by molar-refractivity contribution is 7.92. The molecule has 10 heteroatoms. The van der Waals surface area contributed by atoms with Crippen molar-refractivity contribution in [1.29, 1.82) is 0 Å². The van der Waals surface area contributed by atoms with Crippen molar-refractivity contribution in [3.8, 4) is 0 Å². The van der Waals surface area contributed by atoms with Crippen LogP contribution in [0.15, 0.2) is 77.7 Å². The molecule has 2 amide bonds. The molecule has 0 aliphatic carbocycles. The standard InChI is InChI=1S/C30H35Cl2N3O4S/c1-4-6-19-33-30(37)27(5-2)34(20-24-25(31)16-12-17-26(24)32)29(36)21-35(28-18-11-10-13-22(28)3)40(38,39)23-14-8-7-9-15-23/h7-18,27H,4-6,19-21H2,1-3H3,(H,33,37). The molecule has 3 aromatic rings. The lowest BCUT2D eigenvalue weighted by Crippen LogP contribution is -2.52. The minimum Gasteiger partial charge on any atom is -0.354 e. The second kappa shape index (κ2) is 14.5. The Morgan fingerprint density at radius 1 is 0.900 bits per heavy atom. The molecule has 0 aromatic heterocycles. The summed E-state index contributed by atoms with van der Waals surface area (Å²) >= 11 is 12.9. The number of anilines is 1. The number of benzene rings is 3. The van der Waals surface area contributed by atoms with Crippen LogP contribution in [-0.4, -0.2) is 44.3 Å². The maximum atomic E-state index is 14.1. The molecule has 0 bridgehead atoms. The first-order chi connectivity index (χ1) is 19.1. The molecule has 0 spiro atoms. The first-order valence-electron chi connectivity index (χ1n) is 13.2. The number of nitrogens with zero attached hydrogens (tertiary/aromatic N) is 2. The molecule has 1 atom stereocenters. The lowest BCUT2D eigenvalue weighted by atomic mass is 10.1. The van der Waals surface area contributed by atoms with E-state index in [9.17, 15) is 18.0 Å². The lowest BCUT2D eigenvalue weighted by Gasteiger charge is -2.34. The molecule has 214 valence electrons. The van der Waals surface area contributed by atoms with E-state index in [0.717, 1.165) is 17.1 Å². The molecule has 0 saturated heterocycles. The fourth-order valence-corrected chi connectivity index (χ4v) is 6.37. The van der Waals surface area contributed by atoms with Crippen molar-refractivity contribution < 1.29 is 18.0 Å². The highest BCUT2D eigenvalue weighted by Gasteiger charge is 2.34. The summed E-state index contributed by atoms with van der Waals surface area (Å²) < 4.78 is 28.9. The van der Waals surface area contributed by atoms with Crippen LogP contribution >= 0.6 is 23.2 Å². The van der Waals surface area contributed by atoms with Crippen LogP contribution in [0.5, 0.6) is 0 Å². The number of halogens is 2. The third-order valence-corrected chi connectivity index (χ3v) is 9.08. The van der Waals surface area contributed by atoms with E-state index in [1.54, 1.807) is 74.5 Å². The number of hydrogen-bond acceptors (Lipinski definition) is 4. The van der Waals surface area contributed by atoms with E-state index in [2.05, 4.69) is 5.32 Å². The Morgan fingerprint density at radius 2 is 1.52 bits per heavy atom. The van der Waals surface area contributed by atoms with Crippen molar-refractivity contribution in [2.45, 2.75) is 57.5 Å². The number of carbonyl (C=O) groups excluding carboxylic acids is 2. The molecule has 40 heavy (non-hydrogen) atoms. The van der Waals surface area contributed by atoms with Crippen LogP contribution in [0, 0.1) is 6.92 Å². The quantitative estimate of drug-likeness (QED) is 0.235. The number of unbranched alkanes of at least 4 members (excludes halogenated alkanes) is 1. The first-order valence-corrected chi connectivity index (χ1v) is 15.4. The van der Waals surface area contributed by atoms with Gasteiger partial charge in [0, 0.05) is 28.7 Å². The summed E-state index contributed by atoms with van der Waals surface area (Å²) in [5.41, 5.74) is 1.53. The van der Waals surface area contributed by atoms with Gasteiger partial charge in [0.15, 0.2) is 0 Å². The van der Waals surface area contributed by atoms with Gasteiger partial charge in [-0.2, -0.15) is 0 Å². The van der Waals surface area contributed by atoms with E-state index in [0.29, 0.717) is 39.8 Å². The average Bonchev–Trinajstić information content (AvgIpc) is 2.94. The molecule has 0 saturated carbocycles. The molecule has 0 radical (unpaired) electrons. The molecular weight excluding hydrogens is 569 g/mol. The maximum absolute atomic E-state index is 14.1. The number of nitrogens with one attached hydrogen (secondary N) is 1. The Labute approximate surface area is 247 Å². The summed E-state index contributed by atoms with van der Waals surface area (Å²) in [5.74, 6) is -0.878. The van der Waals surface area contributed by atoms with Crippen molar-refractivity contribution in [3.05, 3.63) is 94.0 Å². The zero-order chi connectivity index (χ0) is 29.3. The number of rotatable bonds is 13. The zero-order valence-corrected chi connectivity index (χ0v) is 25.3. The van der Waals surface area contributed by atoms with E-state index in [1.165, 1.54) is 17.0 Å². The van der Waals surface area contributed by atoms with Gasteiger partial charge in [0.25, 0.3) is 10.0 Å². The molecule has 3 rings (SSSR count). The monoisotopic (exact) mass is 603 g/mol. The SMILES string of the molecule is CCCCNC(=O)C(CC)N(Cc1c(Cl)cccc1Cl)C(=O)CN(c1ccccc1C)S(=O)(=O)c1ccccc1. The van der Waals surface area contributed by atoms with E-state index in [1.807, 2.05) is 6.92 Å². The van der Waals surface area contributed by atoms with Gasteiger partial charge < -0.3 is 10.2 Å². The van der Waals surface area contributed by atoms with Crippen LogP contribution in [0.1, 0.15) is 44.2 Å². The Balaban J connectivity index is 2.08. The molecule has 0 aliphatic rings. The van der Waals surface area contributed by atoms with Gasteiger partial charge >= 0.3 is 0 Å². The van der Waals surface area contributed by atoms with Gasteiger partial charge in [-0.15, -0.1) is 0 Å². The molecule has 0 fully saturated rings. The van der Waals surface area contributed by atoms with Crippen molar-refractivity contribution in [2.75, 3.05) is 17.4 Å². The van der Waals surface area contributed by atoms with Crippen LogP contribution in [0.4, 0.5) is 5.69 Å². The summed E-state index contributed by atoms with van der Waals surface area (Å²) in [4.78, 5) is 28.8. The predicted molar refractivity (Wildman–Crippen MR) is 161 cm³/mol. The van der Waals surface area contributed by atoms with Crippen LogP contribution in [-0.2, 0) is 26.2 Å². The van der Waals surface area contributed by atoms with E-state index < -0.39 is 28.5 Å². The van der Waals surface area contributed by atoms with Crippen molar-refractivity contribution in [2.24, 2.45) is 0 Å². The van der Waals surface area contributed by atoms with Gasteiger partial charge in [-0.1, -0.05) is 85.9 Å².